The van der Waals surface area contributed by atoms with Gasteiger partial charge in [0.05, 0.1) is 12.9 Å². The Morgan fingerprint density at radius 3 is 2.91 bits per heavy atom. The summed E-state index contributed by atoms with van der Waals surface area (Å²) in [6.45, 7) is 3.40. The summed E-state index contributed by atoms with van der Waals surface area (Å²) in [5.74, 6) is 0.596. The Balaban J connectivity index is 1.71. The van der Waals surface area contributed by atoms with Gasteiger partial charge in [0.25, 0.3) is 0 Å². The van der Waals surface area contributed by atoms with Crippen LogP contribution in [-0.2, 0) is 14.8 Å². The van der Waals surface area contributed by atoms with Gasteiger partial charge in [-0.05, 0) is 43.9 Å². The van der Waals surface area contributed by atoms with Crippen molar-refractivity contribution in [1.29, 1.82) is 0 Å². The quantitative estimate of drug-likeness (QED) is 0.759. The predicted octanol–water partition coefficient (Wildman–Crippen LogP) is 1.30. The Bertz CT molecular complexity index is 645. The van der Waals surface area contributed by atoms with E-state index in [0.29, 0.717) is 32.5 Å². The van der Waals surface area contributed by atoms with Crippen LogP contribution in [-0.4, -0.2) is 50.6 Å². The van der Waals surface area contributed by atoms with Crippen LogP contribution in [0.4, 0.5) is 0 Å². The summed E-state index contributed by atoms with van der Waals surface area (Å²) in [4.78, 5) is 12.1. The molecule has 1 atom stereocenters. The molecule has 6 nitrogen and oxygen atoms in total. The summed E-state index contributed by atoms with van der Waals surface area (Å²) in [7, 11) is -3.32. The fourth-order valence-corrected chi connectivity index (χ4v) is 3.82. The molecule has 1 N–H and O–H groups in total. The van der Waals surface area contributed by atoms with Crippen LogP contribution in [0.25, 0.3) is 0 Å². The first-order valence-electron chi connectivity index (χ1n) is 7.82. The van der Waals surface area contributed by atoms with Gasteiger partial charge in [0, 0.05) is 13.1 Å². The molecule has 1 amide bonds. The number of aryl methyl sites for hydroxylation is 1. The van der Waals surface area contributed by atoms with E-state index in [4.69, 9.17) is 4.74 Å². The number of carbonyl (C=O) groups is 1. The van der Waals surface area contributed by atoms with Crippen molar-refractivity contribution in [2.45, 2.75) is 32.2 Å². The molecule has 0 saturated carbocycles. The average molecular weight is 340 g/mol. The zero-order valence-corrected chi connectivity index (χ0v) is 14.4. The van der Waals surface area contributed by atoms with Crippen LogP contribution in [0, 0.1) is 6.92 Å². The third-order valence-corrected chi connectivity index (χ3v) is 5.10. The second-order valence-corrected chi connectivity index (χ2v) is 7.78. The second-order valence-electron chi connectivity index (χ2n) is 5.84. The Morgan fingerprint density at radius 2 is 2.22 bits per heavy atom. The van der Waals surface area contributed by atoms with Gasteiger partial charge in [-0.15, -0.1) is 0 Å². The summed E-state index contributed by atoms with van der Waals surface area (Å²) in [6.07, 6.45) is 3.12. The van der Waals surface area contributed by atoms with Crippen LogP contribution in [0.5, 0.6) is 5.75 Å². The van der Waals surface area contributed by atoms with E-state index in [9.17, 15) is 13.2 Å². The zero-order valence-electron chi connectivity index (χ0n) is 13.6. The van der Waals surface area contributed by atoms with Crippen LogP contribution >= 0.6 is 0 Å². The lowest BCUT2D eigenvalue weighted by Gasteiger charge is -2.21. The fraction of sp³-hybridized carbons (Fsp3) is 0.562. The standard InChI is InChI=1S/C16H24N2O4S/c1-13-6-3-7-14(12-13)22-11-5-9-17-16(19)15-8-4-10-18(15)23(2,20)21/h3,6-7,12,15H,4-5,8-11H2,1-2H3,(H,17,19). The molecular weight excluding hydrogens is 316 g/mol. The highest BCUT2D eigenvalue weighted by Crippen LogP contribution is 2.20. The number of sulfonamides is 1. The predicted molar refractivity (Wildman–Crippen MR) is 88.9 cm³/mol. The number of hydrogen-bond donors (Lipinski definition) is 1. The van der Waals surface area contributed by atoms with Crippen molar-refractivity contribution in [2.24, 2.45) is 0 Å². The number of carbonyl (C=O) groups excluding carboxylic acids is 1. The number of nitrogens with one attached hydrogen (secondary N) is 1. The van der Waals surface area contributed by atoms with Crippen LogP contribution in [0.1, 0.15) is 24.8 Å². The summed E-state index contributed by atoms with van der Waals surface area (Å²) < 4.78 is 30.2. The topological polar surface area (TPSA) is 75.7 Å². The Hall–Kier alpha value is -1.60. The van der Waals surface area contributed by atoms with Crippen molar-refractivity contribution in [1.82, 2.24) is 9.62 Å². The first kappa shape index (κ1) is 17.7. The summed E-state index contributed by atoms with van der Waals surface area (Å²) >= 11 is 0. The van der Waals surface area contributed by atoms with Crippen molar-refractivity contribution >= 4 is 15.9 Å². The van der Waals surface area contributed by atoms with Crippen molar-refractivity contribution in [3.8, 4) is 5.75 Å². The molecule has 128 valence electrons. The lowest BCUT2D eigenvalue weighted by Crippen LogP contribution is -2.45. The van der Waals surface area contributed by atoms with E-state index in [1.165, 1.54) is 4.31 Å². The van der Waals surface area contributed by atoms with Crippen LogP contribution in [0.15, 0.2) is 24.3 Å². The Kier molecular flexibility index (Phi) is 6.01. The SMILES string of the molecule is Cc1cccc(OCCCNC(=O)C2CCCN2S(C)(=O)=O)c1. The highest BCUT2D eigenvalue weighted by Gasteiger charge is 2.36. The van der Waals surface area contributed by atoms with Gasteiger partial charge in [-0.25, -0.2) is 8.42 Å². The van der Waals surface area contributed by atoms with Gasteiger partial charge in [0.1, 0.15) is 11.8 Å². The maximum atomic E-state index is 12.1. The van der Waals surface area contributed by atoms with Gasteiger partial charge in [-0.1, -0.05) is 12.1 Å². The third kappa shape index (κ3) is 5.21. The van der Waals surface area contributed by atoms with E-state index in [1.807, 2.05) is 31.2 Å². The van der Waals surface area contributed by atoms with Crippen molar-refractivity contribution in [3.63, 3.8) is 0 Å². The van der Waals surface area contributed by atoms with Gasteiger partial charge in [-0.3, -0.25) is 4.79 Å². The van der Waals surface area contributed by atoms with Crippen LogP contribution in [0.3, 0.4) is 0 Å². The molecule has 1 aromatic rings. The van der Waals surface area contributed by atoms with Gasteiger partial charge in [-0.2, -0.15) is 4.31 Å². The third-order valence-electron chi connectivity index (χ3n) is 3.81. The minimum absolute atomic E-state index is 0.219. The summed E-state index contributed by atoms with van der Waals surface area (Å²) in [5.41, 5.74) is 1.14. The molecule has 1 unspecified atom stereocenters. The molecule has 0 radical (unpaired) electrons. The normalized spacial score (nSPS) is 18.8. The van der Waals surface area contributed by atoms with Crippen molar-refractivity contribution < 1.29 is 17.9 Å². The van der Waals surface area contributed by atoms with E-state index in [1.54, 1.807) is 0 Å². The Morgan fingerprint density at radius 1 is 1.43 bits per heavy atom. The number of nitrogens with zero attached hydrogens (tertiary/aromatic N) is 1. The largest absolute Gasteiger partial charge is 0.494 e. The van der Waals surface area contributed by atoms with E-state index >= 15 is 0 Å². The van der Waals surface area contributed by atoms with E-state index in [0.717, 1.165) is 24.0 Å². The monoisotopic (exact) mass is 340 g/mol. The lowest BCUT2D eigenvalue weighted by molar-refractivity contribution is -0.124. The van der Waals surface area contributed by atoms with E-state index < -0.39 is 16.1 Å². The number of ether oxygens (including phenoxy) is 1. The average Bonchev–Trinajstić information content (AvgIpc) is 2.96. The number of benzene rings is 1. The first-order chi connectivity index (χ1) is 10.9. The molecule has 1 aliphatic rings. The lowest BCUT2D eigenvalue weighted by atomic mass is 10.2. The zero-order chi connectivity index (χ0) is 16.9. The summed E-state index contributed by atoms with van der Waals surface area (Å²) in [5, 5.41) is 2.80. The highest BCUT2D eigenvalue weighted by molar-refractivity contribution is 7.88. The molecule has 0 aliphatic carbocycles. The minimum Gasteiger partial charge on any atom is -0.494 e. The highest BCUT2D eigenvalue weighted by atomic mass is 32.2. The number of rotatable bonds is 7. The molecule has 0 aromatic heterocycles. The number of amides is 1. The molecule has 1 fully saturated rings. The number of hydrogen-bond acceptors (Lipinski definition) is 4. The molecule has 0 bridgehead atoms. The molecule has 1 aliphatic heterocycles. The molecule has 2 rings (SSSR count). The van der Waals surface area contributed by atoms with Crippen LogP contribution in [0.2, 0.25) is 0 Å². The van der Waals surface area contributed by atoms with Gasteiger partial charge < -0.3 is 10.1 Å². The van der Waals surface area contributed by atoms with Crippen LogP contribution < -0.4 is 10.1 Å². The van der Waals surface area contributed by atoms with Crippen molar-refractivity contribution in [2.75, 3.05) is 26.0 Å². The molecule has 1 saturated heterocycles. The molecule has 1 heterocycles. The molecule has 0 spiro atoms. The Labute approximate surface area is 137 Å². The molecular formula is C16H24N2O4S. The van der Waals surface area contributed by atoms with E-state index in [-0.39, 0.29) is 5.91 Å². The fourth-order valence-electron chi connectivity index (χ4n) is 2.70. The molecule has 7 heteroatoms. The van der Waals surface area contributed by atoms with Gasteiger partial charge in [0.15, 0.2) is 0 Å². The van der Waals surface area contributed by atoms with Crippen molar-refractivity contribution in [3.05, 3.63) is 29.8 Å². The maximum Gasteiger partial charge on any atom is 0.238 e. The van der Waals surface area contributed by atoms with E-state index in [2.05, 4.69) is 5.32 Å². The second kappa shape index (κ2) is 7.79. The first-order valence-corrected chi connectivity index (χ1v) is 9.67. The molecule has 1 aromatic carbocycles. The molecule has 23 heavy (non-hydrogen) atoms. The van der Waals surface area contributed by atoms with Gasteiger partial charge >= 0.3 is 0 Å². The smallest absolute Gasteiger partial charge is 0.238 e. The van der Waals surface area contributed by atoms with Gasteiger partial charge in [0.2, 0.25) is 15.9 Å². The maximum absolute atomic E-state index is 12.1. The minimum atomic E-state index is -3.32. The summed E-state index contributed by atoms with van der Waals surface area (Å²) in [6, 6.07) is 7.23.